The normalized spacial score (nSPS) is 33.1. The molecule has 92 heavy (non-hydrogen) atoms. The second-order valence-corrected chi connectivity index (χ2v) is 48.4. The van der Waals surface area contributed by atoms with Gasteiger partial charge in [0.1, 0.15) is 36.6 Å². The zero-order chi connectivity index (χ0) is 66.9. The number of methoxy groups -OCH3 is 1. The third kappa shape index (κ3) is 16.6. The summed E-state index contributed by atoms with van der Waals surface area (Å²) in [5.41, 5.74) is 1.40. The van der Waals surface area contributed by atoms with E-state index < -0.39 is 125 Å². The molecule has 8 fully saturated rings. The van der Waals surface area contributed by atoms with E-state index in [1.807, 2.05) is 6.07 Å². The number of rotatable bonds is 31. The van der Waals surface area contributed by atoms with E-state index in [4.69, 9.17) is 55.9 Å². The fourth-order valence-corrected chi connectivity index (χ4v) is 22.7. The Labute approximate surface area is 563 Å². The van der Waals surface area contributed by atoms with Crippen molar-refractivity contribution in [3.63, 3.8) is 0 Å². The summed E-state index contributed by atoms with van der Waals surface area (Å²) in [7, 11) is -9.26. The van der Waals surface area contributed by atoms with Gasteiger partial charge in [-0.05, 0) is 133 Å². The Balaban J connectivity index is 1.02. The minimum atomic E-state index is -4.38. The molecule has 518 valence electrons. The van der Waals surface area contributed by atoms with Gasteiger partial charge in [-0.2, -0.15) is 0 Å². The highest BCUT2D eigenvalue weighted by molar-refractivity contribution is 9.11. The Kier molecular flexibility index (Phi) is 24.4. The van der Waals surface area contributed by atoms with Gasteiger partial charge in [-0.1, -0.05) is 135 Å². The maximum absolute atomic E-state index is 16.0. The Morgan fingerprint density at radius 2 is 1.40 bits per heavy atom. The molecule has 6 bridgehead atoms. The van der Waals surface area contributed by atoms with Crippen LogP contribution in [0.15, 0.2) is 88.8 Å². The minimum absolute atomic E-state index is 0.0206. The number of fused-ring (bicyclic) bond motifs is 1. The van der Waals surface area contributed by atoms with Gasteiger partial charge in [0, 0.05) is 58.2 Å². The first kappa shape index (κ1) is 74.2. The van der Waals surface area contributed by atoms with Gasteiger partial charge in [-0.15, -0.1) is 0 Å². The van der Waals surface area contributed by atoms with Crippen molar-refractivity contribution in [3.05, 3.63) is 89.4 Å². The van der Waals surface area contributed by atoms with Crippen LogP contribution in [0, 0.1) is 11.8 Å². The number of aliphatic hydroxyl groups is 1. The first-order valence-electron chi connectivity index (χ1n) is 34.6. The fraction of sp³-hybridized carbons (Fsp3) is 0.761. The van der Waals surface area contributed by atoms with Crippen LogP contribution in [-0.2, 0) is 65.7 Å². The molecule has 8 heterocycles. The molecule has 21 heteroatoms. The Morgan fingerprint density at radius 3 is 2.03 bits per heavy atom. The lowest BCUT2D eigenvalue weighted by molar-refractivity contribution is -0.293. The molecule has 0 amide bonds. The minimum Gasteiger partial charge on any atom is -0.458 e. The molecule has 2 unspecified atom stereocenters. The van der Waals surface area contributed by atoms with Crippen molar-refractivity contribution in [2.45, 2.75) is 314 Å². The Hall–Kier alpha value is -2.01. The summed E-state index contributed by atoms with van der Waals surface area (Å²) in [5, 5.41) is 11.8. The topological polar surface area (TPSA) is 182 Å². The summed E-state index contributed by atoms with van der Waals surface area (Å²) in [6.07, 6.45) is -3.02. The lowest BCUT2D eigenvalue weighted by Gasteiger charge is -2.48. The van der Waals surface area contributed by atoms with Crippen LogP contribution in [0.5, 0.6) is 0 Å². The monoisotopic (exact) mass is 1420 g/mol. The van der Waals surface area contributed by atoms with Crippen LogP contribution in [0.25, 0.3) is 0 Å². The second-order valence-electron chi connectivity index (χ2n) is 30.9. The molecule has 16 nitrogen and oxygen atoms in total. The summed E-state index contributed by atoms with van der Waals surface area (Å²) in [6, 6.07) is 20.7. The number of hydrogen-bond donors (Lipinski definition) is 1. The van der Waals surface area contributed by atoms with Crippen molar-refractivity contribution in [3.8, 4) is 0 Å². The second kappa shape index (κ2) is 30.2. The Morgan fingerprint density at radius 1 is 0.772 bits per heavy atom. The molecule has 10 rings (SSSR count). The molecule has 0 aromatic heterocycles. The lowest BCUT2D eigenvalue weighted by Crippen LogP contribution is -2.62. The number of esters is 1. The third-order valence-corrected chi connectivity index (χ3v) is 39.1. The van der Waals surface area contributed by atoms with Crippen LogP contribution in [0.1, 0.15) is 157 Å². The van der Waals surface area contributed by atoms with Crippen LogP contribution < -0.4 is 0 Å². The molecule has 2 aromatic rings. The van der Waals surface area contributed by atoms with E-state index >= 15 is 8.42 Å². The van der Waals surface area contributed by atoms with Crippen molar-refractivity contribution in [2.75, 3.05) is 20.3 Å². The molecule has 0 aliphatic carbocycles. The first-order valence-corrected chi connectivity index (χ1v) is 45.3. The number of ether oxygens (including phenoxy) is 9. The quantitative estimate of drug-likeness (QED) is 0.0325. The molecule has 0 radical (unpaired) electrons. The van der Waals surface area contributed by atoms with Crippen molar-refractivity contribution in [1.29, 1.82) is 0 Å². The summed E-state index contributed by atoms with van der Waals surface area (Å²) in [6.45, 7) is 41.1. The number of carbonyl (C=O) groups excluding carboxylic acids is 1. The largest absolute Gasteiger partial charge is 0.458 e. The van der Waals surface area contributed by atoms with E-state index in [-0.39, 0.29) is 57.8 Å². The van der Waals surface area contributed by atoms with E-state index in [0.29, 0.717) is 74.6 Å². The predicted molar refractivity (Wildman–Crippen MR) is 369 cm³/mol. The average molecular weight is 1420 g/mol. The van der Waals surface area contributed by atoms with Crippen molar-refractivity contribution >= 4 is 56.7 Å². The first-order chi connectivity index (χ1) is 43.3. The lowest BCUT2D eigenvalue weighted by atomic mass is 9.81. The fourth-order valence-electron chi connectivity index (χ4n) is 15.1. The summed E-state index contributed by atoms with van der Waals surface area (Å²) in [4.78, 5) is 13.5. The van der Waals surface area contributed by atoms with Gasteiger partial charge in [-0.25, -0.2) is 13.2 Å². The van der Waals surface area contributed by atoms with E-state index in [1.165, 1.54) is 0 Å². The molecule has 8 aliphatic rings. The highest BCUT2D eigenvalue weighted by Gasteiger charge is 2.69. The van der Waals surface area contributed by atoms with Crippen molar-refractivity contribution in [2.24, 2.45) is 11.8 Å². The van der Waals surface area contributed by atoms with Crippen molar-refractivity contribution in [1.82, 2.24) is 0 Å². The van der Waals surface area contributed by atoms with Crippen LogP contribution in [0.3, 0.4) is 0 Å². The van der Waals surface area contributed by atoms with Crippen molar-refractivity contribution < 1.29 is 74.2 Å². The van der Waals surface area contributed by atoms with Gasteiger partial charge >= 0.3 is 5.97 Å². The van der Waals surface area contributed by atoms with Crippen LogP contribution >= 0.6 is 15.9 Å². The number of benzene rings is 2. The maximum Gasteiger partial charge on any atom is 0.338 e. The predicted octanol–water partition coefficient (Wildman–Crippen LogP) is 14.6. The zero-order valence-corrected chi connectivity index (χ0v) is 63.4. The van der Waals surface area contributed by atoms with Crippen LogP contribution in [0.2, 0.25) is 54.4 Å². The van der Waals surface area contributed by atoms with Crippen LogP contribution in [0.4, 0.5) is 0 Å². The molecule has 8 saturated heterocycles. The summed E-state index contributed by atoms with van der Waals surface area (Å²) in [5.74, 6) is -2.28. The number of halogens is 1. The number of hydrogen-bond acceptors (Lipinski definition) is 16. The van der Waals surface area contributed by atoms with Gasteiger partial charge in [0.05, 0.1) is 83.4 Å². The van der Waals surface area contributed by atoms with Gasteiger partial charge in [0.25, 0.3) is 0 Å². The summed E-state index contributed by atoms with van der Waals surface area (Å²) < 4.78 is 116. The number of aliphatic hydroxyl groups excluding tert-OH is 1. The highest BCUT2D eigenvalue weighted by Crippen LogP contribution is 2.55. The average Bonchev–Trinajstić information content (AvgIpc) is 1.54. The molecule has 0 saturated carbocycles. The SMILES string of the molecule is C=C(Br)C[C@@H](CC[C@@]12C[C@H]3O[C@@H]4[C@@H](O[C@H]5CC[C@H](CC(O)C([C@@H]6[C@@H](OC)[C@@H](C[C@@H](CO[Si](C)(C)C(C)(C)C)O[Si](C)(C)C(C)(C)C)O[C@H]6C[C@H]6O[C@@H](CCCO[Si](CC)(CC)CC)C[C@@H](C)C6=C)S(=O)(=O)c6ccccc6)O[C@@H]5[C@H]4O1)[C@H]3O2)OC(=O)c1ccccc1. The molecule has 2 aromatic carbocycles. The van der Waals surface area contributed by atoms with E-state index in [1.54, 1.807) is 61.7 Å². The van der Waals surface area contributed by atoms with Crippen LogP contribution in [-0.4, -0.2) is 173 Å². The van der Waals surface area contributed by atoms with E-state index in [0.717, 1.165) is 43.0 Å². The molecule has 0 spiro atoms. The summed E-state index contributed by atoms with van der Waals surface area (Å²) >= 11 is 3.51. The van der Waals surface area contributed by atoms with Gasteiger partial charge in [0.2, 0.25) is 0 Å². The van der Waals surface area contributed by atoms with Gasteiger partial charge < -0.3 is 61.0 Å². The van der Waals surface area contributed by atoms with E-state index in [9.17, 15) is 9.90 Å². The third-order valence-electron chi connectivity index (χ3n) is 22.8. The standard InChI is InChI=1S/C71H113BrO16SSi3/c1-18-92(19-2,20-3)78-37-27-30-49-38-45(4)47(6)56(80-49)42-57-60(61(77-13)58(83-57)41-52(88-91(16,17)70(10,11)12)44-79-90(14,15)69(7,8)9)67(89(75,76)53-31-25-22-26-32-53)54(73)40-50-33-34-55-62(81-50)66-65-64(84-55)63-59(85-65)43-71(86-63,87-66)36-35-51(39-46(5)72)82-68(74)48-28-23-21-24-29-48/h21-26,28-29,31-32,45,49-52,54-67,73H,5-6,18-20,27,30,33-44H2,1-4,7-17H3/t45-,49+,50-,51-,52+,54?,55+,56-,57+,58-,59-,60+,61+,62+,63+,64+,65-,66-,67?,71+/m1/s1. The zero-order valence-electron chi connectivity index (χ0n) is 58.0. The maximum atomic E-state index is 16.0. The molecule has 8 aliphatic heterocycles. The highest BCUT2D eigenvalue weighted by atomic mass is 79.9. The smallest absolute Gasteiger partial charge is 0.338 e. The molecular formula is C71H113BrO16SSi3. The van der Waals surface area contributed by atoms with Gasteiger partial charge in [-0.3, -0.25) is 0 Å². The molecular weight excluding hydrogens is 1300 g/mol. The molecule has 20 atom stereocenters. The van der Waals surface area contributed by atoms with Gasteiger partial charge in [0.15, 0.2) is 40.6 Å². The number of sulfone groups is 1. The van der Waals surface area contributed by atoms with E-state index in [2.05, 4.69) is 125 Å². The Bertz CT molecular complexity index is 2880. The number of carbonyl (C=O) groups is 1. The molecule has 1 N–H and O–H groups in total.